The van der Waals surface area contributed by atoms with Crippen LogP contribution in [-0.2, 0) is 5.75 Å². The first kappa shape index (κ1) is 17.8. The van der Waals surface area contributed by atoms with Gasteiger partial charge in [0.15, 0.2) is 10.8 Å². The van der Waals surface area contributed by atoms with Gasteiger partial charge in [-0.15, -0.1) is 0 Å². The first-order valence-electron chi connectivity index (χ1n) is 8.45. The van der Waals surface area contributed by atoms with Gasteiger partial charge in [-0.3, -0.25) is 4.98 Å². The molecule has 0 fully saturated rings. The highest BCUT2D eigenvalue weighted by atomic mass is 35.5. The smallest absolute Gasteiger partial charge is 0.285 e. The van der Waals surface area contributed by atoms with E-state index in [4.69, 9.17) is 11.6 Å². The van der Waals surface area contributed by atoms with Crippen LogP contribution < -0.4 is 5.69 Å². The van der Waals surface area contributed by atoms with Crippen LogP contribution in [0.2, 0.25) is 5.02 Å². The fourth-order valence-corrected chi connectivity index (χ4v) is 3.82. The first-order chi connectivity index (χ1) is 13.0. The maximum Gasteiger partial charge on any atom is 0.350 e. The molecule has 0 bridgehead atoms. The second kappa shape index (κ2) is 7.21. The van der Waals surface area contributed by atoms with E-state index < -0.39 is 0 Å². The van der Waals surface area contributed by atoms with E-state index in [1.54, 1.807) is 0 Å². The van der Waals surface area contributed by atoms with Crippen LogP contribution in [0.1, 0.15) is 16.8 Å². The molecule has 4 aromatic rings. The Hall–Kier alpha value is -2.57. The van der Waals surface area contributed by atoms with Gasteiger partial charge in [-0.2, -0.15) is 9.61 Å². The lowest BCUT2D eigenvalue weighted by Gasteiger charge is -2.04. The zero-order chi connectivity index (χ0) is 19.0. The second-order valence-electron chi connectivity index (χ2n) is 6.32. The molecule has 0 spiro atoms. The van der Waals surface area contributed by atoms with Crippen molar-refractivity contribution >= 4 is 29.0 Å². The van der Waals surface area contributed by atoms with Crippen molar-refractivity contribution in [1.82, 2.24) is 19.6 Å². The summed E-state index contributed by atoms with van der Waals surface area (Å²) in [5.74, 6) is 0.725. The van der Waals surface area contributed by atoms with Crippen molar-refractivity contribution in [1.29, 1.82) is 0 Å². The summed E-state index contributed by atoms with van der Waals surface area (Å²) in [6.07, 6.45) is 0. The molecule has 0 atom stereocenters. The highest BCUT2D eigenvalue weighted by Gasteiger charge is 2.16. The highest BCUT2D eigenvalue weighted by Crippen LogP contribution is 2.28. The molecule has 0 amide bonds. The van der Waals surface area contributed by atoms with Crippen molar-refractivity contribution in [3.8, 4) is 11.1 Å². The summed E-state index contributed by atoms with van der Waals surface area (Å²) in [5.41, 5.74) is 5.17. The lowest BCUT2D eigenvalue weighted by atomic mass is 10.1. The topological polar surface area (TPSA) is 63.1 Å². The van der Waals surface area contributed by atoms with Crippen molar-refractivity contribution in [3.63, 3.8) is 0 Å². The maximum atomic E-state index is 12.5. The Kier molecular flexibility index (Phi) is 4.76. The molecule has 2 aromatic heterocycles. The molecule has 0 saturated heterocycles. The Morgan fingerprint density at radius 2 is 1.78 bits per heavy atom. The molecule has 2 aromatic carbocycles. The van der Waals surface area contributed by atoms with Crippen molar-refractivity contribution < 1.29 is 0 Å². The number of benzene rings is 2. The number of aromatic amines is 1. The molecule has 0 radical (unpaired) electrons. The number of fused-ring (bicyclic) bond motifs is 1. The molecular weight excluding hydrogens is 380 g/mol. The summed E-state index contributed by atoms with van der Waals surface area (Å²) in [6.45, 7) is 3.93. The minimum atomic E-state index is -0.297. The largest absolute Gasteiger partial charge is 0.350 e. The van der Waals surface area contributed by atoms with Gasteiger partial charge in [-0.1, -0.05) is 65.3 Å². The van der Waals surface area contributed by atoms with Crippen molar-refractivity contribution in [2.75, 3.05) is 0 Å². The molecule has 1 N–H and O–H groups in total. The number of aryl methyl sites for hydroxylation is 2. The maximum absolute atomic E-state index is 12.5. The van der Waals surface area contributed by atoms with E-state index in [1.165, 1.54) is 27.4 Å². The first-order valence-corrected chi connectivity index (χ1v) is 9.81. The molecule has 0 unspecified atom stereocenters. The molecule has 7 heteroatoms. The van der Waals surface area contributed by atoms with Gasteiger partial charge >= 0.3 is 5.69 Å². The summed E-state index contributed by atoms with van der Waals surface area (Å²) in [5, 5.41) is 5.58. The van der Waals surface area contributed by atoms with Gasteiger partial charge in [-0.05, 0) is 37.1 Å². The fourth-order valence-electron chi connectivity index (χ4n) is 2.89. The summed E-state index contributed by atoms with van der Waals surface area (Å²) >= 11 is 7.49. The molecule has 0 aliphatic rings. The van der Waals surface area contributed by atoms with Crippen molar-refractivity contribution in [2.45, 2.75) is 24.8 Å². The Labute approximate surface area is 165 Å². The van der Waals surface area contributed by atoms with Crippen LogP contribution in [0.3, 0.4) is 0 Å². The number of rotatable bonds is 4. The molecule has 0 aliphatic carbocycles. The Morgan fingerprint density at radius 1 is 1.07 bits per heavy atom. The van der Waals surface area contributed by atoms with E-state index in [0.717, 1.165) is 22.6 Å². The summed E-state index contributed by atoms with van der Waals surface area (Å²) in [4.78, 5) is 19.9. The number of hydrogen-bond donors (Lipinski definition) is 1. The van der Waals surface area contributed by atoms with Gasteiger partial charge < -0.3 is 0 Å². The van der Waals surface area contributed by atoms with Gasteiger partial charge in [0.25, 0.3) is 0 Å². The van der Waals surface area contributed by atoms with Gasteiger partial charge in [0.05, 0.1) is 5.69 Å². The van der Waals surface area contributed by atoms with Crippen LogP contribution in [0.25, 0.3) is 16.8 Å². The lowest BCUT2D eigenvalue weighted by molar-refractivity contribution is 0.780. The van der Waals surface area contributed by atoms with E-state index in [-0.39, 0.29) is 5.69 Å². The number of nitrogens with one attached hydrogen (secondary N) is 1. The minimum Gasteiger partial charge on any atom is -0.285 e. The number of H-pyrrole nitrogens is 1. The minimum absolute atomic E-state index is 0.297. The third-order valence-corrected chi connectivity index (χ3v) is 5.48. The van der Waals surface area contributed by atoms with Crippen molar-refractivity contribution in [3.05, 3.63) is 80.9 Å². The van der Waals surface area contributed by atoms with Crippen LogP contribution in [0, 0.1) is 13.8 Å². The van der Waals surface area contributed by atoms with Crippen LogP contribution in [0.5, 0.6) is 0 Å². The zero-order valence-corrected chi connectivity index (χ0v) is 16.4. The van der Waals surface area contributed by atoms with Gasteiger partial charge in [0.1, 0.15) is 0 Å². The number of hydrogen-bond acceptors (Lipinski definition) is 4. The molecule has 0 saturated carbocycles. The summed E-state index contributed by atoms with van der Waals surface area (Å²) < 4.78 is 1.31. The summed E-state index contributed by atoms with van der Waals surface area (Å²) in [6, 6.07) is 15.8. The average Bonchev–Trinajstić information content (AvgIpc) is 2.99. The third kappa shape index (κ3) is 3.63. The van der Waals surface area contributed by atoms with Crippen LogP contribution in [0.4, 0.5) is 0 Å². The van der Waals surface area contributed by atoms with Crippen LogP contribution in [0.15, 0.2) is 58.5 Å². The molecule has 2 heterocycles. The molecule has 136 valence electrons. The van der Waals surface area contributed by atoms with Gasteiger partial charge in [0.2, 0.25) is 0 Å². The highest BCUT2D eigenvalue weighted by molar-refractivity contribution is 7.98. The average molecular weight is 397 g/mol. The Bertz CT molecular complexity index is 1160. The number of nitrogens with zero attached hydrogens (tertiary/aromatic N) is 3. The zero-order valence-electron chi connectivity index (χ0n) is 14.9. The second-order valence-corrected chi connectivity index (χ2v) is 7.72. The molecule has 0 aliphatic heterocycles. The summed E-state index contributed by atoms with van der Waals surface area (Å²) in [7, 11) is 0. The van der Waals surface area contributed by atoms with E-state index in [0.29, 0.717) is 15.8 Å². The van der Waals surface area contributed by atoms with Gasteiger partial charge in [-0.25, -0.2) is 9.78 Å². The van der Waals surface area contributed by atoms with Crippen LogP contribution in [-0.4, -0.2) is 19.6 Å². The van der Waals surface area contributed by atoms with Crippen LogP contribution >= 0.6 is 23.4 Å². The predicted octanol–water partition coefficient (Wildman–Crippen LogP) is 4.65. The third-order valence-electron chi connectivity index (χ3n) is 4.28. The van der Waals surface area contributed by atoms with E-state index in [9.17, 15) is 4.79 Å². The molecule has 27 heavy (non-hydrogen) atoms. The van der Waals surface area contributed by atoms with E-state index >= 15 is 0 Å². The number of halogens is 1. The van der Waals surface area contributed by atoms with E-state index in [1.807, 2.05) is 31.2 Å². The Balaban J connectivity index is 1.73. The normalized spacial score (nSPS) is 11.2. The molecular formula is C20H17ClN4OS. The standard InChI is InChI=1S/C20H17ClN4OS/c1-12-3-5-14(6-4-12)11-27-19-22-18-17(15-7-9-16(21)10-8-15)13(2)24-25(18)20(26)23-19/h3-10H,11H2,1-2H3,(H,22,23,26). The molecule has 4 rings (SSSR count). The monoisotopic (exact) mass is 396 g/mol. The Morgan fingerprint density at radius 3 is 2.48 bits per heavy atom. The van der Waals surface area contributed by atoms with E-state index in [2.05, 4.69) is 46.3 Å². The predicted molar refractivity (Wildman–Crippen MR) is 110 cm³/mol. The SMILES string of the molecule is Cc1ccc(CSc2nc3c(-c4ccc(Cl)cc4)c(C)nn3c(=O)[nH]2)cc1. The molecule has 5 nitrogen and oxygen atoms in total. The van der Waals surface area contributed by atoms with Gasteiger partial charge in [0, 0.05) is 16.3 Å². The van der Waals surface area contributed by atoms with Crippen molar-refractivity contribution in [2.24, 2.45) is 0 Å². The fraction of sp³-hybridized carbons (Fsp3) is 0.150. The quantitative estimate of drug-likeness (QED) is 0.510. The number of thioether (sulfide) groups is 1. The lowest BCUT2D eigenvalue weighted by Crippen LogP contribution is -2.19. The number of aromatic nitrogens is 4.